The number of halogens is 1. The predicted octanol–water partition coefficient (Wildman–Crippen LogP) is 2.93. The van der Waals surface area contributed by atoms with Crippen LogP contribution in [0.25, 0.3) is 5.69 Å². The monoisotopic (exact) mass is 304 g/mol. The summed E-state index contributed by atoms with van der Waals surface area (Å²) in [5.74, 6) is 0.735. The van der Waals surface area contributed by atoms with Gasteiger partial charge < -0.3 is 4.90 Å². The number of hydrogen-bond acceptors (Lipinski definition) is 3. The van der Waals surface area contributed by atoms with Crippen molar-refractivity contribution in [1.82, 2.24) is 14.8 Å². The Labute approximate surface area is 128 Å². The normalized spacial score (nSPS) is 20.3. The molecule has 110 valence electrons. The lowest BCUT2D eigenvalue weighted by Crippen LogP contribution is -2.32. The van der Waals surface area contributed by atoms with Crippen molar-refractivity contribution < 1.29 is 4.79 Å². The summed E-state index contributed by atoms with van der Waals surface area (Å²) in [6.45, 7) is 4.63. The van der Waals surface area contributed by atoms with Gasteiger partial charge in [-0.1, -0.05) is 18.5 Å². The lowest BCUT2D eigenvalue weighted by Gasteiger charge is -2.19. The van der Waals surface area contributed by atoms with E-state index in [1.165, 1.54) is 0 Å². The van der Waals surface area contributed by atoms with E-state index < -0.39 is 0 Å². The Bertz CT molecular complexity index is 655. The highest BCUT2D eigenvalue weighted by Crippen LogP contribution is 2.40. The molecule has 2 aromatic rings. The quantitative estimate of drug-likeness (QED) is 0.872. The van der Waals surface area contributed by atoms with Gasteiger partial charge in [-0.3, -0.25) is 9.78 Å². The fraction of sp³-hybridized carbons (Fsp3) is 0.400. The molecule has 0 saturated heterocycles. The molecule has 1 aliphatic carbocycles. The molecule has 2 aromatic heterocycles. The van der Waals surface area contributed by atoms with Crippen molar-refractivity contribution in [2.75, 3.05) is 11.4 Å². The number of hydrogen-bond donors (Lipinski definition) is 0. The average molecular weight is 305 g/mol. The van der Waals surface area contributed by atoms with E-state index in [2.05, 4.69) is 17.0 Å². The van der Waals surface area contributed by atoms with Crippen LogP contribution < -0.4 is 4.90 Å². The zero-order valence-electron chi connectivity index (χ0n) is 12.0. The van der Waals surface area contributed by atoms with Crippen LogP contribution in [-0.2, 0) is 4.79 Å². The SMILES string of the molecule is CCN(C(=O)C1CC1C)c1cn(-c2cccnc2)nc1Cl. The minimum atomic E-state index is 0.128. The number of carbonyl (C=O) groups is 1. The van der Waals surface area contributed by atoms with E-state index in [0.29, 0.717) is 23.3 Å². The molecule has 2 unspecified atom stereocenters. The maximum absolute atomic E-state index is 12.5. The second-order valence-corrected chi connectivity index (χ2v) is 5.72. The molecule has 2 heterocycles. The highest BCUT2D eigenvalue weighted by Gasteiger charge is 2.42. The van der Waals surface area contributed by atoms with Gasteiger partial charge in [0.1, 0.15) is 5.69 Å². The van der Waals surface area contributed by atoms with Crippen LogP contribution in [0.4, 0.5) is 5.69 Å². The van der Waals surface area contributed by atoms with E-state index in [4.69, 9.17) is 11.6 Å². The molecular formula is C15H17ClN4O. The van der Waals surface area contributed by atoms with Gasteiger partial charge in [0.2, 0.25) is 5.91 Å². The first kappa shape index (κ1) is 14.1. The predicted molar refractivity (Wildman–Crippen MR) is 81.7 cm³/mol. The number of amides is 1. The van der Waals surface area contributed by atoms with Crippen LogP contribution in [0.3, 0.4) is 0 Å². The van der Waals surface area contributed by atoms with Crippen molar-refractivity contribution in [3.05, 3.63) is 35.9 Å². The van der Waals surface area contributed by atoms with E-state index in [1.807, 2.05) is 19.1 Å². The summed E-state index contributed by atoms with van der Waals surface area (Å²) >= 11 is 6.23. The van der Waals surface area contributed by atoms with Crippen LogP contribution in [-0.4, -0.2) is 27.2 Å². The molecule has 0 aliphatic heterocycles. The van der Waals surface area contributed by atoms with Gasteiger partial charge in [0, 0.05) is 18.7 Å². The van der Waals surface area contributed by atoms with Crippen molar-refractivity contribution in [2.45, 2.75) is 20.3 Å². The molecule has 1 aliphatic rings. The molecule has 21 heavy (non-hydrogen) atoms. The number of aromatic nitrogens is 3. The lowest BCUT2D eigenvalue weighted by atomic mass is 10.3. The van der Waals surface area contributed by atoms with Crippen LogP contribution in [0.2, 0.25) is 5.15 Å². The Morgan fingerprint density at radius 3 is 2.90 bits per heavy atom. The van der Waals surface area contributed by atoms with Gasteiger partial charge in [0.25, 0.3) is 0 Å². The highest BCUT2D eigenvalue weighted by molar-refractivity contribution is 6.32. The van der Waals surface area contributed by atoms with Gasteiger partial charge in [-0.15, -0.1) is 0 Å². The summed E-state index contributed by atoms with van der Waals surface area (Å²) in [7, 11) is 0. The van der Waals surface area contributed by atoms with Gasteiger partial charge in [-0.05, 0) is 31.4 Å². The third kappa shape index (κ3) is 2.65. The van der Waals surface area contributed by atoms with Gasteiger partial charge in [-0.25, -0.2) is 4.68 Å². The molecule has 1 saturated carbocycles. The Hall–Kier alpha value is -1.88. The van der Waals surface area contributed by atoms with Crippen LogP contribution in [0.5, 0.6) is 0 Å². The zero-order valence-corrected chi connectivity index (χ0v) is 12.8. The summed E-state index contributed by atoms with van der Waals surface area (Å²) < 4.78 is 1.65. The summed E-state index contributed by atoms with van der Waals surface area (Å²) in [5.41, 5.74) is 1.47. The van der Waals surface area contributed by atoms with Gasteiger partial charge in [0.05, 0.1) is 18.1 Å². The summed E-state index contributed by atoms with van der Waals surface area (Å²) in [5, 5.41) is 4.61. The molecule has 0 bridgehead atoms. The Kier molecular flexibility index (Phi) is 3.68. The Morgan fingerprint density at radius 2 is 2.33 bits per heavy atom. The molecule has 6 heteroatoms. The topological polar surface area (TPSA) is 51.0 Å². The van der Waals surface area contributed by atoms with Gasteiger partial charge in [-0.2, -0.15) is 5.10 Å². The van der Waals surface area contributed by atoms with E-state index >= 15 is 0 Å². The molecule has 2 atom stereocenters. The van der Waals surface area contributed by atoms with E-state index in [0.717, 1.165) is 12.1 Å². The molecule has 1 amide bonds. The zero-order chi connectivity index (χ0) is 15.0. The standard InChI is InChI=1S/C15H17ClN4O/c1-3-19(15(21)12-7-10(12)2)13-9-20(18-14(13)16)11-5-4-6-17-8-11/h4-6,8-10,12H,3,7H2,1-2H3. The maximum atomic E-state index is 12.5. The first-order valence-corrected chi connectivity index (χ1v) is 7.46. The summed E-state index contributed by atoms with van der Waals surface area (Å²) in [6.07, 6.45) is 6.15. The summed E-state index contributed by atoms with van der Waals surface area (Å²) in [6, 6.07) is 3.72. The Morgan fingerprint density at radius 1 is 1.57 bits per heavy atom. The number of anilines is 1. The van der Waals surface area contributed by atoms with Crippen LogP contribution in [0, 0.1) is 11.8 Å². The molecule has 0 N–H and O–H groups in total. The second-order valence-electron chi connectivity index (χ2n) is 5.36. The third-order valence-corrected chi connectivity index (χ3v) is 4.13. The summed E-state index contributed by atoms with van der Waals surface area (Å²) in [4.78, 5) is 18.2. The minimum absolute atomic E-state index is 0.128. The second kappa shape index (κ2) is 5.48. The minimum Gasteiger partial charge on any atom is -0.308 e. The molecule has 0 radical (unpaired) electrons. The van der Waals surface area contributed by atoms with E-state index in [-0.39, 0.29) is 11.8 Å². The van der Waals surface area contributed by atoms with Crippen molar-refractivity contribution in [2.24, 2.45) is 11.8 Å². The van der Waals surface area contributed by atoms with Crippen LogP contribution >= 0.6 is 11.6 Å². The highest BCUT2D eigenvalue weighted by atomic mass is 35.5. The van der Waals surface area contributed by atoms with Crippen molar-refractivity contribution in [3.63, 3.8) is 0 Å². The number of nitrogens with zero attached hydrogens (tertiary/aromatic N) is 4. The number of carbonyl (C=O) groups excluding carboxylic acids is 1. The van der Waals surface area contributed by atoms with Gasteiger partial charge >= 0.3 is 0 Å². The maximum Gasteiger partial charge on any atom is 0.230 e. The van der Waals surface area contributed by atoms with E-state index in [9.17, 15) is 4.79 Å². The van der Waals surface area contributed by atoms with Gasteiger partial charge in [0.15, 0.2) is 5.15 Å². The third-order valence-electron chi connectivity index (χ3n) is 3.86. The first-order valence-electron chi connectivity index (χ1n) is 7.08. The van der Waals surface area contributed by atoms with Crippen molar-refractivity contribution in [1.29, 1.82) is 0 Å². The van der Waals surface area contributed by atoms with Crippen molar-refractivity contribution >= 4 is 23.2 Å². The fourth-order valence-corrected chi connectivity index (χ4v) is 2.69. The average Bonchev–Trinajstić information content (AvgIpc) is 3.11. The van der Waals surface area contributed by atoms with E-state index in [1.54, 1.807) is 28.2 Å². The van der Waals surface area contributed by atoms with Crippen LogP contribution in [0.1, 0.15) is 20.3 Å². The molecular weight excluding hydrogens is 288 g/mol. The molecule has 3 rings (SSSR count). The number of rotatable bonds is 4. The lowest BCUT2D eigenvalue weighted by molar-refractivity contribution is -0.120. The fourth-order valence-electron chi connectivity index (χ4n) is 2.46. The van der Waals surface area contributed by atoms with Crippen LogP contribution in [0.15, 0.2) is 30.7 Å². The smallest absolute Gasteiger partial charge is 0.230 e. The molecule has 5 nitrogen and oxygen atoms in total. The molecule has 0 aromatic carbocycles. The van der Waals surface area contributed by atoms with Crippen molar-refractivity contribution in [3.8, 4) is 5.69 Å². The molecule has 1 fully saturated rings. The Balaban J connectivity index is 1.91. The first-order chi connectivity index (χ1) is 10.1. The molecule has 0 spiro atoms. The largest absolute Gasteiger partial charge is 0.308 e. The number of pyridine rings is 1.